The topological polar surface area (TPSA) is 53.7 Å². The zero-order valence-electron chi connectivity index (χ0n) is 13.5. The van der Waals surface area contributed by atoms with Gasteiger partial charge in [-0.1, -0.05) is 18.9 Å². The van der Waals surface area contributed by atoms with Crippen LogP contribution in [0, 0.1) is 0 Å². The number of hydrogen-bond donors (Lipinski definition) is 1. The smallest absolute Gasteiger partial charge is 0.161 e. The Bertz CT molecular complexity index is 491. The maximum absolute atomic E-state index is 6.09. The molecular weight excluding hydrogens is 278 g/mol. The Hall–Kier alpha value is -1.26. The molecule has 1 aliphatic carbocycles. The maximum atomic E-state index is 6.09. The third kappa shape index (κ3) is 3.08. The highest BCUT2D eigenvalue weighted by Gasteiger charge is 2.35. The van der Waals surface area contributed by atoms with E-state index in [0.717, 1.165) is 30.9 Å². The highest BCUT2D eigenvalue weighted by Crippen LogP contribution is 2.43. The monoisotopic (exact) mass is 305 g/mol. The summed E-state index contributed by atoms with van der Waals surface area (Å²) in [5, 5.41) is 0. The Kier molecular flexibility index (Phi) is 4.89. The lowest BCUT2D eigenvalue weighted by molar-refractivity contribution is 0.00642. The standard InChI is InChI=1S/C18H27NO3/c1-20-17-11-14(18(13-19)8-2-3-9-18)6-7-16(17)22-15-5-4-10-21-12-15/h6-7,11,15H,2-5,8-10,12-13,19H2,1H3. The summed E-state index contributed by atoms with van der Waals surface area (Å²) in [6.45, 7) is 2.21. The van der Waals surface area contributed by atoms with Gasteiger partial charge in [0, 0.05) is 18.6 Å². The van der Waals surface area contributed by atoms with Gasteiger partial charge < -0.3 is 19.9 Å². The number of methoxy groups -OCH3 is 1. The molecule has 122 valence electrons. The van der Waals surface area contributed by atoms with Crippen LogP contribution in [0.25, 0.3) is 0 Å². The van der Waals surface area contributed by atoms with Gasteiger partial charge in [-0.3, -0.25) is 0 Å². The van der Waals surface area contributed by atoms with Gasteiger partial charge in [0.15, 0.2) is 11.5 Å². The van der Waals surface area contributed by atoms with E-state index < -0.39 is 0 Å². The second-order valence-electron chi connectivity index (χ2n) is 6.51. The number of rotatable bonds is 5. The van der Waals surface area contributed by atoms with Crippen molar-refractivity contribution in [1.29, 1.82) is 0 Å². The van der Waals surface area contributed by atoms with Crippen molar-refractivity contribution in [1.82, 2.24) is 0 Å². The van der Waals surface area contributed by atoms with Crippen LogP contribution in [0.15, 0.2) is 18.2 Å². The van der Waals surface area contributed by atoms with Crippen LogP contribution in [0.5, 0.6) is 11.5 Å². The van der Waals surface area contributed by atoms with E-state index in [2.05, 4.69) is 12.1 Å². The van der Waals surface area contributed by atoms with Gasteiger partial charge in [-0.2, -0.15) is 0 Å². The highest BCUT2D eigenvalue weighted by atomic mass is 16.5. The van der Waals surface area contributed by atoms with Crippen LogP contribution in [-0.2, 0) is 10.2 Å². The molecule has 0 radical (unpaired) electrons. The Morgan fingerprint density at radius 3 is 2.68 bits per heavy atom. The first-order valence-corrected chi connectivity index (χ1v) is 8.40. The van der Waals surface area contributed by atoms with Crippen LogP contribution in [-0.4, -0.2) is 33.0 Å². The van der Waals surface area contributed by atoms with E-state index in [1.165, 1.54) is 31.2 Å². The van der Waals surface area contributed by atoms with Gasteiger partial charge in [-0.25, -0.2) is 0 Å². The van der Waals surface area contributed by atoms with E-state index in [1.54, 1.807) is 7.11 Å². The van der Waals surface area contributed by atoms with Crippen molar-refractivity contribution < 1.29 is 14.2 Å². The van der Waals surface area contributed by atoms with Crippen molar-refractivity contribution >= 4 is 0 Å². The Morgan fingerprint density at radius 2 is 2.05 bits per heavy atom. The van der Waals surface area contributed by atoms with Crippen molar-refractivity contribution in [3.63, 3.8) is 0 Å². The predicted octanol–water partition coefficient (Wildman–Crippen LogP) is 3.02. The summed E-state index contributed by atoms with van der Waals surface area (Å²) in [7, 11) is 1.70. The third-order valence-corrected chi connectivity index (χ3v) is 5.14. The molecule has 2 aliphatic rings. The van der Waals surface area contributed by atoms with Crippen LogP contribution in [0.2, 0.25) is 0 Å². The third-order valence-electron chi connectivity index (χ3n) is 5.14. The highest BCUT2D eigenvalue weighted by molar-refractivity contribution is 5.46. The lowest BCUT2D eigenvalue weighted by Crippen LogP contribution is -2.32. The molecule has 1 unspecified atom stereocenters. The molecule has 1 saturated heterocycles. The van der Waals surface area contributed by atoms with Crippen molar-refractivity contribution in [2.75, 3.05) is 26.9 Å². The Morgan fingerprint density at radius 1 is 1.23 bits per heavy atom. The van der Waals surface area contributed by atoms with Gasteiger partial charge in [0.1, 0.15) is 6.10 Å². The minimum atomic E-state index is 0.125. The van der Waals surface area contributed by atoms with Crippen molar-refractivity contribution in [3.8, 4) is 11.5 Å². The first-order valence-electron chi connectivity index (χ1n) is 8.40. The molecule has 4 heteroatoms. The van der Waals surface area contributed by atoms with Crippen molar-refractivity contribution in [3.05, 3.63) is 23.8 Å². The maximum Gasteiger partial charge on any atom is 0.161 e. The second kappa shape index (κ2) is 6.88. The minimum Gasteiger partial charge on any atom is -0.493 e. The molecule has 1 aromatic carbocycles. The number of nitrogens with two attached hydrogens (primary N) is 1. The molecule has 0 spiro atoms. The van der Waals surface area contributed by atoms with Crippen molar-refractivity contribution in [2.24, 2.45) is 5.73 Å². The van der Waals surface area contributed by atoms with Crippen LogP contribution < -0.4 is 15.2 Å². The van der Waals surface area contributed by atoms with E-state index >= 15 is 0 Å². The minimum absolute atomic E-state index is 0.125. The molecule has 1 atom stereocenters. The summed E-state index contributed by atoms with van der Waals surface area (Å²) in [4.78, 5) is 0. The molecule has 3 rings (SSSR count). The van der Waals surface area contributed by atoms with Crippen molar-refractivity contribution in [2.45, 2.75) is 50.0 Å². The fourth-order valence-electron chi connectivity index (χ4n) is 3.74. The summed E-state index contributed by atoms with van der Waals surface area (Å²) in [5.41, 5.74) is 7.50. The van der Waals surface area contributed by atoms with Gasteiger partial charge in [0.05, 0.1) is 13.7 Å². The molecule has 1 aliphatic heterocycles. The number of benzene rings is 1. The predicted molar refractivity (Wildman–Crippen MR) is 86.7 cm³/mol. The summed E-state index contributed by atoms with van der Waals surface area (Å²) < 4.78 is 17.1. The van der Waals surface area contributed by atoms with Gasteiger partial charge in [0.2, 0.25) is 0 Å². The molecule has 2 fully saturated rings. The lowest BCUT2D eigenvalue weighted by Gasteiger charge is -2.29. The van der Waals surface area contributed by atoms with Gasteiger partial charge in [-0.05, 0) is 43.4 Å². The molecule has 0 bridgehead atoms. The van der Waals surface area contributed by atoms with E-state index in [1.807, 2.05) is 6.07 Å². The molecule has 22 heavy (non-hydrogen) atoms. The van der Waals surface area contributed by atoms with Crippen LogP contribution in [0.1, 0.15) is 44.1 Å². The fraction of sp³-hybridized carbons (Fsp3) is 0.667. The zero-order chi connectivity index (χ0) is 15.4. The number of ether oxygens (including phenoxy) is 3. The molecule has 1 aromatic rings. The molecule has 4 nitrogen and oxygen atoms in total. The van der Waals surface area contributed by atoms with E-state index in [9.17, 15) is 0 Å². The van der Waals surface area contributed by atoms with Crippen LogP contribution >= 0.6 is 0 Å². The van der Waals surface area contributed by atoms with E-state index in [0.29, 0.717) is 13.2 Å². The molecule has 2 N–H and O–H groups in total. The number of hydrogen-bond acceptors (Lipinski definition) is 4. The average molecular weight is 305 g/mol. The molecule has 1 saturated carbocycles. The quantitative estimate of drug-likeness (QED) is 0.908. The molecule has 0 amide bonds. The van der Waals surface area contributed by atoms with Gasteiger partial charge >= 0.3 is 0 Å². The Balaban J connectivity index is 1.80. The molecule has 0 aromatic heterocycles. The molecule has 1 heterocycles. The summed E-state index contributed by atoms with van der Waals surface area (Å²) in [5.74, 6) is 1.62. The van der Waals surface area contributed by atoms with Gasteiger partial charge in [0.25, 0.3) is 0 Å². The average Bonchev–Trinajstić information content (AvgIpc) is 3.06. The summed E-state index contributed by atoms with van der Waals surface area (Å²) in [6.07, 6.45) is 7.09. The first kappa shape index (κ1) is 15.6. The lowest BCUT2D eigenvalue weighted by atomic mass is 9.79. The van der Waals surface area contributed by atoms with Gasteiger partial charge in [-0.15, -0.1) is 0 Å². The summed E-state index contributed by atoms with van der Waals surface area (Å²) in [6, 6.07) is 6.33. The van der Waals surface area contributed by atoms with Crippen LogP contribution in [0.4, 0.5) is 0 Å². The normalized spacial score (nSPS) is 24.2. The first-order chi connectivity index (χ1) is 10.8. The Labute approximate surface area is 132 Å². The SMILES string of the molecule is COc1cc(C2(CN)CCCC2)ccc1OC1CCCOC1. The molecular formula is C18H27NO3. The fourth-order valence-corrected chi connectivity index (χ4v) is 3.74. The largest absolute Gasteiger partial charge is 0.493 e. The van der Waals surface area contributed by atoms with E-state index in [-0.39, 0.29) is 11.5 Å². The van der Waals surface area contributed by atoms with Crippen LogP contribution in [0.3, 0.4) is 0 Å². The second-order valence-corrected chi connectivity index (χ2v) is 6.51. The zero-order valence-corrected chi connectivity index (χ0v) is 13.5. The summed E-state index contributed by atoms with van der Waals surface area (Å²) >= 11 is 0. The van der Waals surface area contributed by atoms with E-state index in [4.69, 9.17) is 19.9 Å².